The highest BCUT2D eigenvalue weighted by molar-refractivity contribution is 7.93. The smallest absolute Gasteiger partial charge is 0.418 e. The highest BCUT2D eigenvalue weighted by atomic mass is 32.3. The molecule has 19 heavy (non-hydrogen) atoms. The largest absolute Gasteiger partial charge is 0.673 e. The topological polar surface area (TPSA) is 3.01 Å². The molecule has 0 N–H and O–H groups in total. The van der Waals surface area contributed by atoms with E-state index in [4.69, 9.17) is 0 Å². The lowest BCUT2D eigenvalue weighted by atomic mass is 10.3. The summed E-state index contributed by atoms with van der Waals surface area (Å²) in [7, 11) is -10.1. The molecular formula is C10H16BF6NS. The molecule has 0 unspecified atom stereocenters. The minimum absolute atomic E-state index is 0.170. The van der Waals surface area contributed by atoms with E-state index >= 15 is 0 Å². The number of nitrogens with zero attached hydrogens (tertiary/aromatic N) is 1. The monoisotopic (exact) mass is 307 g/mol. The van der Waals surface area contributed by atoms with Crippen molar-refractivity contribution in [3.63, 3.8) is 0 Å². The van der Waals surface area contributed by atoms with E-state index in [1.165, 1.54) is 16.1 Å². The minimum Gasteiger partial charge on any atom is -0.418 e. The zero-order valence-electron chi connectivity index (χ0n) is 10.5. The molecule has 1 rings (SSSR count). The van der Waals surface area contributed by atoms with Gasteiger partial charge in [0.1, 0.15) is 13.1 Å². The lowest BCUT2D eigenvalue weighted by Crippen LogP contribution is -2.20. The van der Waals surface area contributed by atoms with Crippen molar-refractivity contribution in [1.82, 2.24) is 0 Å². The Bertz CT molecular complexity index is 415. The number of benzene rings is 1. The van der Waals surface area contributed by atoms with Crippen molar-refractivity contribution in [2.45, 2.75) is 18.7 Å². The highest BCUT2D eigenvalue weighted by Crippen LogP contribution is 2.24. The van der Waals surface area contributed by atoms with Crippen LogP contribution in [0.2, 0.25) is 0 Å². The van der Waals surface area contributed by atoms with E-state index in [1.54, 1.807) is 32.0 Å². The Morgan fingerprint density at radius 1 is 0.947 bits per heavy atom. The van der Waals surface area contributed by atoms with Gasteiger partial charge in [0, 0.05) is 0 Å². The van der Waals surface area contributed by atoms with Gasteiger partial charge >= 0.3 is 7.25 Å². The Morgan fingerprint density at radius 2 is 1.32 bits per heavy atom. The third kappa shape index (κ3) is 7.24. The summed E-state index contributed by atoms with van der Waals surface area (Å²) in [5.74, 6) is 0. The van der Waals surface area contributed by atoms with Crippen LogP contribution >= 0.6 is 0 Å². The first-order valence-electron chi connectivity index (χ1n) is 5.59. The molecule has 9 heteroatoms. The van der Waals surface area contributed by atoms with Crippen molar-refractivity contribution in [2.75, 3.05) is 13.1 Å². The quantitative estimate of drug-likeness (QED) is 0.368. The van der Waals surface area contributed by atoms with Crippen LogP contribution in [0, 0.1) is 0 Å². The predicted octanol–water partition coefficient (Wildman–Crippen LogP) is 4.24. The van der Waals surface area contributed by atoms with Crippen LogP contribution in [0.4, 0.5) is 25.0 Å². The van der Waals surface area contributed by atoms with Crippen molar-refractivity contribution in [2.24, 2.45) is 0 Å². The maximum atomic E-state index is 13.9. The first kappa shape index (κ1) is 18.0. The summed E-state index contributed by atoms with van der Waals surface area (Å²) in [6.45, 7) is 4.32. The molecule has 1 nitrogen and oxygen atoms in total. The molecule has 0 saturated heterocycles. The number of rotatable bonds is 3. The zero-order chi connectivity index (χ0) is 15.1. The Hall–Kier alpha value is -0.985. The average Bonchev–Trinajstić information content (AvgIpc) is 2.29. The molecule has 0 bridgehead atoms. The van der Waals surface area contributed by atoms with Crippen LogP contribution in [0.3, 0.4) is 0 Å². The van der Waals surface area contributed by atoms with Gasteiger partial charge in [-0.2, -0.15) is 3.95 Å². The maximum Gasteiger partial charge on any atom is 0.673 e. The van der Waals surface area contributed by atoms with Crippen LogP contribution in [0.15, 0.2) is 35.2 Å². The average molecular weight is 307 g/mol. The fraction of sp³-hybridized carbons (Fsp3) is 0.400. The molecule has 0 radical (unpaired) electrons. The Kier molecular flexibility index (Phi) is 7.17. The molecule has 1 aromatic carbocycles. The maximum absolute atomic E-state index is 13.9. The Balaban J connectivity index is 0.000000555. The molecule has 112 valence electrons. The number of halogens is 6. The Morgan fingerprint density at radius 3 is 1.63 bits per heavy atom. The molecule has 0 saturated carbocycles. The SMILES string of the molecule is CC[N+](CC)=[SH](F)(F)c1ccccc1.F[B-](F)(F)F. The summed E-state index contributed by atoms with van der Waals surface area (Å²) in [5.41, 5.74) is 0. The van der Waals surface area contributed by atoms with E-state index in [-0.39, 0.29) is 4.90 Å². The van der Waals surface area contributed by atoms with Crippen LogP contribution < -0.4 is 0 Å². The summed E-state index contributed by atoms with van der Waals surface area (Å²) in [6.07, 6.45) is 0. The van der Waals surface area contributed by atoms with Gasteiger partial charge in [0.2, 0.25) is 0 Å². The molecule has 1 aromatic rings. The van der Waals surface area contributed by atoms with Crippen LogP contribution in [-0.2, 0) is 10.6 Å². The van der Waals surface area contributed by atoms with Gasteiger partial charge in [0.15, 0.2) is 10.6 Å². The molecule has 0 aliphatic rings. The molecular weight excluding hydrogens is 291 g/mol. The van der Waals surface area contributed by atoms with Crippen LogP contribution in [0.5, 0.6) is 0 Å². The standard InChI is InChI=1S/C10H16F2NS.BF4/c1-3-13(4-2)14(11,12)10-8-6-5-7-9-10;2-1(3,4)5/h5-9,14H,3-4H2,1-2H3;/q+1;-1. The second kappa shape index (κ2) is 7.57. The predicted molar refractivity (Wildman–Crippen MR) is 67.2 cm³/mol. The fourth-order valence-corrected chi connectivity index (χ4v) is 2.92. The van der Waals surface area contributed by atoms with Gasteiger partial charge < -0.3 is 17.3 Å². The molecule has 0 aliphatic heterocycles. The van der Waals surface area contributed by atoms with Gasteiger partial charge in [-0.15, -0.1) is 7.77 Å². The van der Waals surface area contributed by atoms with Crippen molar-refractivity contribution < 1.29 is 29.0 Å². The van der Waals surface area contributed by atoms with Gasteiger partial charge in [-0.1, -0.05) is 18.2 Å². The number of hydrogen-bond donors (Lipinski definition) is 1. The lowest BCUT2D eigenvalue weighted by Gasteiger charge is -2.13. The molecule has 0 heterocycles. The van der Waals surface area contributed by atoms with Gasteiger partial charge in [0.25, 0.3) is 0 Å². The number of hydrogen-bond acceptors (Lipinski definition) is 0. The molecule has 0 fully saturated rings. The third-order valence-corrected chi connectivity index (χ3v) is 4.35. The summed E-state index contributed by atoms with van der Waals surface area (Å²) < 4.78 is 68.0. The Labute approximate surface area is 110 Å². The van der Waals surface area contributed by atoms with Crippen LogP contribution in [0.1, 0.15) is 13.8 Å². The van der Waals surface area contributed by atoms with E-state index in [9.17, 15) is 25.0 Å². The van der Waals surface area contributed by atoms with Crippen molar-refractivity contribution in [1.29, 1.82) is 0 Å². The van der Waals surface area contributed by atoms with E-state index in [0.29, 0.717) is 13.1 Å². The van der Waals surface area contributed by atoms with E-state index in [1.807, 2.05) is 0 Å². The molecule has 0 spiro atoms. The van der Waals surface area contributed by atoms with Crippen molar-refractivity contribution >= 4 is 17.9 Å². The summed E-state index contributed by atoms with van der Waals surface area (Å²) in [4.78, 5) is 0.170. The second-order valence-corrected chi connectivity index (χ2v) is 5.50. The summed E-state index contributed by atoms with van der Waals surface area (Å²) >= 11 is 0. The minimum atomic E-state index is -6.00. The fourth-order valence-electron chi connectivity index (χ4n) is 1.35. The van der Waals surface area contributed by atoms with Gasteiger partial charge in [0.05, 0.1) is 4.90 Å². The zero-order valence-corrected chi connectivity index (χ0v) is 11.4. The molecule has 0 atom stereocenters. The summed E-state index contributed by atoms with van der Waals surface area (Å²) in [6, 6.07) is 8.09. The first-order chi connectivity index (χ1) is 8.62. The second-order valence-electron chi connectivity index (χ2n) is 3.45. The highest BCUT2D eigenvalue weighted by Gasteiger charge is 2.21. The van der Waals surface area contributed by atoms with Gasteiger partial charge in [-0.3, -0.25) is 0 Å². The third-order valence-electron chi connectivity index (χ3n) is 2.15. The first-order valence-corrected chi connectivity index (χ1v) is 7.12. The van der Waals surface area contributed by atoms with E-state index < -0.39 is 17.9 Å². The molecule has 0 amide bonds. The lowest BCUT2D eigenvalue weighted by molar-refractivity contribution is -0.503. The van der Waals surface area contributed by atoms with Gasteiger partial charge in [-0.05, 0) is 26.0 Å². The number of thiol groups is 1. The van der Waals surface area contributed by atoms with E-state index in [2.05, 4.69) is 0 Å². The molecule has 0 aliphatic carbocycles. The summed E-state index contributed by atoms with van der Waals surface area (Å²) in [5, 5.41) is 0. The van der Waals surface area contributed by atoms with E-state index in [0.717, 1.165) is 0 Å². The van der Waals surface area contributed by atoms with Crippen LogP contribution in [0.25, 0.3) is 0 Å². The molecule has 0 aromatic heterocycles. The van der Waals surface area contributed by atoms with Gasteiger partial charge in [-0.25, -0.2) is 0 Å². The van der Waals surface area contributed by atoms with Crippen molar-refractivity contribution in [3.8, 4) is 0 Å². The van der Waals surface area contributed by atoms with Crippen LogP contribution in [-0.4, -0.2) is 24.3 Å². The van der Waals surface area contributed by atoms with Crippen molar-refractivity contribution in [3.05, 3.63) is 30.3 Å². The normalized spacial score (nSPS) is 12.4.